The van der Waals surface area contributed by atoms with Gasteiger partial charge in [-0.3, -0.25) is 14.3 Å². The number of pyridine rings is 2. The topological polar surface area (TPSA) is 113 Å². The second-order valence-electron chi connectivity index (χ2n) is 12.6. The van der Waals surface area contributed by atoms with Gasteiger partial charge in [0, 0.05) is 44.1 Å². The predicted octanol–water partition coefficient (Wildman–Crippen LogP) is 8.07. The maximum atomic E-state index is 12.9. The molecule has 1 amide bonds. The number of allylic oxidation sites excluding steroid dienone is 4. The Hall–Kier alpha value is -5.28. The highest BCUT2D eigenvalue weighted by molar-refractivity contribution is 5.94. The van der Waals surface area contributed by atoms with Crippen molar-refractivity contribution < 1.29 is 9.90 Å². The van der Waals surface area contributed by atoms with E-state index >= 15 is 0 Å². The quantitative estimate of drug-likeness (QED) is 0.144. The number of rotatable bonds is 10. The van der Waals surface area contributed by atoms with E-state index in [1.54, 1.807) is 29.3 Å². The third kappa shape index (κ3) is 7.95. The summed E-state index contributed by atoms with van der Waals surface area (Å²) in [5, 5.41) is 10.0. The third-order valence-electron chi connectivity index (χ3n) is 9.18. The molecule has 50 heavy (non-hydrogen) atoms. The standard InChI is InChI=1S/C39H43N7O2.C2H6/c1-5-8-29(6-2)33-16-17-34-38(42-33)46(37(43-34)32-9-7-20-41-36(32)40)31-14-11-27(12-15-31)24-45-22-19-28(25-45)18-21-44(4)39(48)30-13-10-26(3)35(47)23-30;1-2/h5-17,20,23,28,47H,18-19,21-22,24-25H2,1-4H3,(H2,40,41);1-2H3/b8-5-,29-6+;. The molecule has 4 heterocycles. The van der Waals surface area contributed by atoms with E-state index in [1.807, 2.05) is 72.0 Å². The third-order valence-corrected chi connectivity index (χ3v) is 9.18. The van der Waals surface area contributed by atoms with Gasteiger partial charge in [-0.05, 0) is 111 Å². The lowest BCUT2D eigenvalue weighted by molar-refractivity contribution is 0.0787. The Bertz CT molecular complexity index is 1990. The van der Waals surface area contributed by atoms with Crippen molar-refractivity contribution in [2.45, 2.75) is 54.0 Å². The normalized spacial score (nSPS) is 15.0. The van der Waals surface area contributed by atoms with Crippen LogP contribution in [0.1, 0.15) is 67.7 Å². The summed E-state index contributed by atoms with van der Waals surface area (Å²) in [4.78, 5) is 31.5. The first-order valence-electron chi connectivity index (χ1n) is 17.5. The maximum absolute atomic E-state index is 12.9. The van der Waals surface area contributed by atoms with E-state index in [0.29, 0.717) is 29.7 Å². The van der Waals surface area contributed by atoms with Gasteiger partial charge >= 0.3 is 0 Å². The van der Waals surface area contributed by atoms with Crippen LogP contribution < -0.4 is 5.73 Å². The largest absolute Gasteiger partial charge is 0.508 e. The number of carbonyl (C=O) groups is 1. The molecular formula is C41H49N7O2. The fraction of sp³-hybridized carbons (Fsp3) is 0.317. The van der Waals surface area contributed by atoms with Crippen LogP contribution in [0, 0.1) is 12.8 Å². The second-order valence-corrected chi connectivity index (χ2v) is 12.6. The van der Waals surface area contributed by atoms with Gasteiger partial charge in [0.2, 0.25) is 0 Å². The van der Waals surface area contributed by atoms with E-state index in [-0.39, 0.29) is 11.7 Å². The number of fused-ring (bicyclic) bond motifs is 1. The number of aryl methyl sites for hydroxylation is 1. The molecule has 1 aliphatic rings. The van der Waals surface area contributed by atoms with Gasteiger partial charge in [0.1, 0.15) is 17.1 Å². The van der Waals surface area contributed by atoms with Crippen molar-refractivity contribution in [3.63, 3.8) is 0 Å². The molecule has 5 aromatic rings. The molecule has 1 unspecified atom stereocenters. The minimum Gasteiger partial charge on any atom is -0.508 e. The monoisotopic (exact) mass is 671 g/mol. The highest BCUT2D eigenvalue weighted by Crippen LogP contribution is 2.32. The van der Waals surface area contributed by atoms with Gasteiger partial charge in [0.15, 0.2) is 11.5 Å². The van der Waals surface area contributed by atoms with Crippen LogP contribution in [0.2, 0.25) is 0 Å². The molecule has 1 atom stereocenters. The number of aromatic hydroxyl groups is 1. The molecule has 1 aliphatic heterocycles. The molecule has 6 rings (SSSR count). The number of likely N-dealkylation sites (tertiary alicyclic amines) is 1. The van der Waals surface area contributed by atoms with E-state index in [9.17, 15) is 9.90 Å². The first kappa shape index (κ1) is 36.0. The number of anilines is 1. The van der Waals surface area contributed by atoms with E-state index < -0.39 is 0 Å². The van der Waals surface area contributed by atoms with Gasteiger partial charge in [-0.1, -0.05) is 50.3 Å². The smallest absolute Gasteiger partial charge is 0.253 e. The summed E-state index contributed by atoms with van der Waals surface area (Å²) in [7, 11) is 1.84. The number of carbonyl (C=O) groups excluding carboxylic acids is 1. The van der Waals surface area contributed by atoms with E-state index in [1.165, 1.54) is 5.56 Å². The van der Waals surface area contributed by atoms with Crippen LogP contribution in [0.25, 0.3) is 33.8 Å². The van der Waals surface area contributed by atoms with Crippen LogP contribution in [0.15, 0.2) is 91.2 Å². The number of aromatic nitrogens is 4. The summed E-state index contributed by atoms with van der Waals surface area (Å²) in [6.45, 7) is 13.4. The van der Waals surface area contributed by atoms with Crippen LogP contribution >= 0.6 is 0 Å². The zero-order valence-electron chi connectivity index (χ0n) is 30.1. The fourth-order valence-corrected chi connectivity index (χ4v) is 6.40. The minimum atomic E-state index is -0.0632. The molecule has 0 aliphatic carbocycles. The van der Waals surface area contributed by atoms with Crippen molar-refractivity contribution in [2.75, 3.05) is 32.4 Å². The average Bonchev–Trinajstić information content (AvgIpc) is 3.75. The molecule has 3 aromatic heterocycles. The number of nitrogens with zero attached hydrogens (tertiary/aromatic N) is 6. The summed E-state index contributed by atoms with van der Waals surface area (Å²) in [5.41, 5.74) is 14.0. The molecule has 0 spiro atoms. The number of hydrogen-bond acceptors (Lipinski definition) is 7. The first-order chi connectivity index (χ1) is 24.2. The molecule has 1 fully saturated rings. The Morgan fingerprint density at radius 2 is 1.84 bits per heavy atom. The van der Waals surface area contributed by atoms with Crippen molar-refractivity contribution in [1.82, 2.24) is 29.3 Å². The molecule has 0 saturated carbocycles. The molecule has 9 heteroatoms. The lowest BCUT2D eigenvalue weighted by atomic mass is 10.0. The highest BCUT2D eigenvalue weighted by atomic mass is 16.3. The van der Waals surface area contributed by atoms with Crippen molar-refractivity contribution in [2.24, 2.45) is 5.92 Å². The lowest BCUT2D eigenvalue weighted by Gasteiger charge is -2.20. The zero-order valence-corrected chi connectivity index (χ0v) is 30.1. The molecule has 0 bridgehead atoms. The summed E-state index contributed by atoms with van der Waals surface area (Å²) in [5.74, 6) is 1.74. The predicted molar refractivity (Wildman–Crippen MR) is 204 cm³/mol. The summed E-state index contributed by atoms with van der Waals surface area (Å²) >= 11 is 0. The summed E-state index contributed by atoms with van der Waals surface area (Å²) in [6.07, 6.45) is 9.87. The Morgan fingerprint density at radius 3 is 2.54 bits per heavy atom. The van der Waals surface area contributed by atoms with Crippen LogP contribution in [-0.4, -0.2) is 67.0 Å². The van der Waals surface area contributed by atoms with E-state index in [2.05, 4.69) is 50.9 Å². The number of nitrogens with two attached hydrogens (primary N) is 1. The Kier molecular flexibility index (Phi) is 11.8. The lowest BCUT2D eigenvalue weighted by Crippen LogP contribution is -2.29. The molecule has 1 saturated heterocycles. The molecule has 0 radical (unpaired) electrons. The van der Waals surface area contributed by atoms with Gasteiger partial charge < -0.3 is 15.7 Å². The van der Waals surface area contributed by atoms with Crippen LogP contribution in [-0.2, 0) is 6.54 Å². The number of amides is 1. The molecule has 9 nitrogen and oxygen atoms in total. The van der Waals surface area contributed by atoms with Crippen LogP contribution in [0.3, 0.4) is 0 Å². The number of phenols is 1. The van der Waals surface area contributed by atoms with Crippen molar-refractivity contribution >= 4 is 28.5 Å². The van der Waals surface area contributed by atoms with Crippen LogP contribution in [0.5, 0.6) is 5.75 Å². The Balaban J connectivity index is 0.00000239. The van der Waals surface area contributed by atoms with Gasteiger partial charge in [-0.15, -0.1) is 0 Å². The Morgan fingerprint density at radius 1 is 1.06 bits per heavy atom. The SMILES string of the molecule is C/C=C\C(=C/C)c1ccc2nc(-c3cccnc3N)n(-c3ccc(CN4CCC(CCN(C)C(=O)c5ccc(C)c(O)c5)C4)cc3)c2n1.CC. The number of hydrogen-bond donors (Lipinski definition) is 2. The van der Waals surface area contributed by atoms with Gasteiger partial charge in [0.25, 0.3) is 5.91 Å². The van der Waals surface area contributed by atoms with E-state index in [0.717, 1.165) is 71.7 Å². The first-order valence-corrected chi connectivity index (χ1v) is 17.5. The number of nitrogen functional groups attached to an aromatic ring is 1. The summed E-state index contributed by atoms with van der Waals surface area (Å²) in [6, 6.07) is 21.5. The van der Waals surface area contributed by atoms with Crippen molar-refractivity contribution in [3.05, 3.63) is 114 Å². The second kappa shape index (κ2) is 16.4. The fourth-order valence-electron chi connectivity index (χ4n) is 6.40. The van der Waals surface area contributed by atoms with Gasteiger partial charge in [-0.2, -0.15) is 0 Å². The number of benzene rings is 2. The van der Waals surface area contributed by atoms with E-state index in [4.69, 9.17) is 15.7 Å². The summed E-state index contributed by atoms with van der Waals surface area (Å²) < 4.78 is 2.07. The van der Waals surface area contributed by atoms with Gasteiger partial charge in [-0.25, -0.2) is 15.0 Å². The molecule has 260 valence electrons. The zero-order chi connectivity index (χ0) is 35.8. The number of phenolic OH excluding ortho intramolecular Hbond substituents is 1. The maximum Gasteiger partial charge on any atom is 0.253 e. The Labute approximate surface area is 295 Å². The number of imidazole rings is 1. The molecule has 2 aromatic carbocycles. The average molecular weight is 672 g/mol. The van der Waals surface area contributed by atoms with Gasteiger partial charge in [0.05, 0.1) is 11.3 Å². The van der Waals surface area contributed by atoms with Crippen molar-refractivity contribution in [1.29, 1.82) is 0 Å². The molecule has 3 N–H and O–H groups in total. The van der Waals surface area contributed by atoms with Crippen LogP contribution in [0.4, 0.5) is 5.82 Å². The van der Waals surface area contributed by atoms with Crippen molar-refractivity contribution in [3.8, 4) is 22.8 Å². The molecular weight excluding hydrogens is 622 g/mol. The minimum absolute atomic E-state index is 0.0632. The highest BCUT2D eigenvalue weighted by Gasteiger charge is 2.24.